The molecule has 3 rings (SSSR count). The molecule has 24 heavy (non-hydrogen) atoms. The smallest absolute Gasteiger partial charge is 0.288 e. The van der Waals surface area contributed by atoms with Gasteiger partial charge in [0, 0.05) is 11.2 Å². The molecule has 2 aromatic heterocycles. The summed E-state index contributed by atoms with van der Waals surface area (Å²) in [6.07, 6.45) is -3.16. The summed E-state index contributed by atoms with van der Waals surface area (Å²) in [6, 6.07) is 8.16. The molecule has 0 saturated heterocycles. The van der Waals surface area contributed by atoms with Crippen LogP contribution in [0.5, 0.6) is 0 Å². The number of halogens is 4. The number of nitrogens with zero attached hydrogens (tertiary/aromatic N) is 4. The molecule has 0 bridgehead atoms. The number of carbonyl (C=O) groups is 1. The highest BCUT2D eigenvalue weighted by molar-refractivity contribution is 6.30. The predicted octanol–water partition coefficient (Wildman–Crippen LogP) is 2.91. The Bertz CT molecular complexity index is 888. The number of hydrogen-bond acceptors (Lipinski definition) is 4. The van der Waals surface area contributed by atoms with Crippen LogP contribution in [0.1, 0.15) is 16.3 Å². The van der Waals surface area contributed by atoms with Gasteiger partial charge in [-0.1, -0.05) is 17.7 Å². The van der Waals surface area contributed by atoms with Gasteiger partial charge in [0.15, 0.2) is 5.69 Å². The molecular weight excluding hydrogens is 349 g/mol. The largest absolute Gasteiger partial charge is 0.451 e. The average molecular weight is 357 g/mol. The van der Waals surface area contributed by atoms with E-state index in [9.17, 15) is 18.0 Å². The topological polar surface area (TPSA) is 88.5 Å². The van der Waals surface area contributed by atoms with Gasteiger partial charge < -0.3 is 0 Å². The van der Waals surface area contributed by atoms with E-state index in [1.165, 1.54) is 16.9 Å². The number of alkyl halides is 3. The zero-order valence-corrected chi connectivity index (χ0v) is 12.4. The van der Waals surface area contributed by atoms with Gasteiger partial charge in [-0.05, 0) is 24.3 Å². The van der Waals surface area contributed by atoms with Crippen molar-refractivity contribution in [2.75, 3.05) is 5.32 Å². The molecule has 0 fully saturated rings. The molecule has 1 amide bonds. The van der Waals surface area contributed by atoms with Gasteiger partial charge in [-0.2, -0.15) is 23.3 Å². The molecule has 1 aromatic carbocycles. The number of hydrogen-bond donors (Lipinski definition) is 2. The highest BCUT2D eigenvalue weighted by Crippen LogP contribution is 2.26. The fourth-order valence-corrected chi connectivity index (χ4v) is 2.00. The number of amides is 1. The number of aromatic nitrogens is 5. The van der Waals surface area contributed by atoms with Crippen molar-refractivity contribution >= 4 is 23.5 Å². The summed E-state index contributed by atoms with van der Waals surface area (Å²) < 4.78 is 38.6. The van der Waals surface area contributed by atoms with Gasteiger partial charge in [0.25, 0.3) is 5.91 Å². The number of aromatic amines is 1. The lowest BCUT2D eigenvalue weighted by Gasteiger charge is -2.01. The standard InChI is InChI=1S/C13H8ClF3N6O/c14-7-2-1-3-8(6-7)23-5-4-9(22-23)10(24)18-12-19-11(20-21-12)13(15,16)17/h1-6H,(H2,18,19,20,21,24). The zero-order chi connectivity index (χ0) is 17.3. The van der Waals surface area contributed by atoms with E-state index in [4.69, 9.17) is 11.6 Å². The summed E-state index contributed by atoms with van der Waals surface area (Å²) in [5, 5.41) is 11.6. The fraction of sp³-hybridized carbons (Fsp3) is 0.0769. The van der Waals surface area contributed by atoms with Crippen molar-refractivity contribution in [3.63, 3.8) is 0 Å². The van der Waals surface area contributed by atoms with Crippen LogP contribution in [0, 0.1) is 0 Å². The van der Waals surface area contributed by atoms with Crippen LogP contribution in [-0.2, 0) is 6.18 Å². The Kier molecular flexibility index (Phi) is 3.97. The van der Waals surface area contributed by atoms with E-state index < -0.39 is 23.9 Å². The summed E-state index contributed by atoms with van der Waals surface area (Å²) in [7, 11) is 0. The first kappa shape index (κ1) is 16.0. The molecule has 0 spiro atoms. The van der Waals surface area contributed by atoms with Gasteiger partial charge in [-0.3, -0.25) is 15.2 Å². The van der Waals surface area contributed by atoms with Crippen LogP contribution in [0.4, 0.5) is 19.1 Å². The average Bonchev–Trinajstić information content (AvgIpc) is 3.15. The Balaban J connectivity index is 1.76. The van der Waals surface area contributed by atoms with Crippen LogP contribution in [0.25, 0.3) is 5.69 Å². The maximum atomic E-state index is 12.4. The fourth-order valence-electron chi connectivity index (χ4n) is 1.82. The minimum atomic E-state index is -4.68. The highest BCUT2D eigenvalue weighted by atomic mass is 35.5. The third-order valence-electron chi connectivity index (χ3n) is 2.87. The lowest BCUT2D eigenvalue weighted by atomic mass is 10.3. The maximum Gasteiger partial charge on any atom is 0.451 e. The van der Waals surface area contributed by atoms with E-state index in [1.807, 2.05) is 0 Å². The molecule has 0 unspecified atom stereocenters. The lowest BCUT2D eigenvalue weighted by molar-refractivity contribution is -0.144. The van der Waals surface area contributed by atoms with Gasteiger partial charge in [-0.25, -0.2) is 4.68 Å². The summed E-state index contributed by atoms with van der Waals surface area (Å²) in [5.74, 6) is -2.55. The Labute approximate surface area is 137 Å². The van der Waals surface area contributed by atoms with Gasteiger partial charge in [0.05, 0.1) is 5.69 Å². The molecule has 124 valence electrons. The molecule has 11 heteroatoms. The number of benzene rings is 1. The van der Waals surface area contributed by atoms with E-state index in [-0.39, 0.29) is 5.69 Å². The third kappa shape index (κ3) is 3.38. The molecule has 0 saturated carbocycles. The van der Waals surface area contributed by atoms with Gasteiger partial charge in [-0.15, -0.1) is 5.10 Å². The minimum absolute atomic E-state index is 0.0201. The first-order chi connectivity index (χ1) is 11.3. The number of nitrogens with one attached hydrogen (secondary N) is 2. The molecule has 0 aliphatic rings. The van der Waals surface area contributed by atoms with Gasteiger partial charge >= 0.3 is 6.18 Å². The van der Waals surface area contributed by atoms with Crippen LogP contribution < -0.4 is 5.32 Å². The van der Waals surface area contributed by atoms with E-state index >= 15 is 0 Å². The monoisotopic (exact) mass is 356 g/mol. The van der Waals surface area contributed by atoms with Crippen molar-refractivity contribution in [2.24, 2.45) is 0 Å². The van der Waals surface area contributed by atoms with E-state index in [2.05, 4.69) is 20.5 Å². The molecular formula is C13H8ClF3N6O. The SMILES string of the molecule is O=C(Nc1n[nH]c(C(F)(F)F)n1)c1ccn(-c2cccc(Cl)c2)n1. The van der Waals surface area contributed by atoms with Crippen LogP contribution >= 0.6 is 11.6 Å². The molecule has 0 aliphatic heterocycles. The van der Waals surface area contributed by atoms with Crippen molar-refractivity contribution in [1.82, 2.24) is 25.0 Å². The summed E-state index contributed by atoms with van der Waals surface area (Å²) in [4.78, 5) is 15.1. The molecule has 2 N–H and O–H groups in total. The summed E-state index contributed by atoms with van der Waals surface area (Å²) >= 11 is 5.88. The molecule has 2 heterocycles. The minimum Gasteiger partial charge on any atom is -0.288 e. The van der Waals surface area contributed by atoms with Crippen LogP contribution in [0.2, 0.25) is 5.02 Å². The Morgan fingerprint density at radius 3 is 2.75 bits per heavy atom. The van der Waals surface area contributed by atoms with E-state index in [0.29, 0.717) is 10.7 Å². The van der Waals surface area contributed by atoms with Gasteiger partial charge in [0.1, 0.15) is 0 Å². The van der Waals surface area contributed by atoms with Crippen LogP contribution in [-0.4, -0.2) is 30.9 Å². The second kappa shape index (κ2) is 5.96. The molecule has 0 aliphatic carbocycles. The number of H-pyrrole nitrogens is 1. The van der Waals surface area contributed by atoms with Crippen LogP contribution in [0.15, 0.2) is 36.5 Å². The van der Waals surface area contributed by atoms with Crippen LogP contribution in [0.3, 0.4) is 0 Å². The number of carbonyl (C=O) groups excluding carboxylic acids is 1. The Morgan fingerprint density at radius 1 is 1.29 bits per heavy atom. The van der Waals surface area contributed by atoms with E-state index in [1.54, 1.807) is 29.4 Å². The predicted molar refractivity (Wildman–Crippen MR) is 77.9 cm³/mol. The Hall–Kier alpha value is -2.88. The van der Waals surface area contributed by atoms with Crippen molar-refractivity contribution in [3.8, 4) is 5.69 Å². The lowest BCUT2D eigenvalue weighted by Crippen LogP contribution is -2.14. The molecule has 7 nitrogen and oxygen atoms in total. The second-order valence-electron chi connectivity index (χ2n) is 4.58. The zero-order valence-electron chi connectivity index (χ0n) is 11.7. The summed E-state index contributed by atoms with van der Waals surface area (Å²) in [5.41, 5.74) is 0.604. The van der Waals surface area contributed by atoms with E-state index in [0.717, 1.165) is 0 Å². The van der Waals surface area contributed by atoms with Gasteiger partial charge in [0.2, 0.25) is 11.8 Å². The summed E-state index contributed by atoms with van der Waals surface area (Å²) in [6.45, 7) is 0. The molecule has 0 radical (unpaired) electrons. The molecule has 0 atom stereocenters. The maximum absolute atomic E-state index is 12.4. The second-order valence-corrected chi connectivity index (χ2v) is 5.02. The Morgan fingerprint density at radius 2 is 2.08 bits per heavy atom. The quantitative estimate of drug-likeness (QED) is 0.755. The van der Waals surface area contributed by atoms with Crippen molar-refractivity contribution < 1.29 is 18.0 Å². The van der Waals surface area contributed by atoms with Crippen molar-refractivity contribution in [2.45, 2.75) is 6.18 Å². The normalized spacial score (nSPS) is 11.5. The number of anilines is 1. The first-order valence-electron chi connectivity index (χ1n) is 6.45. The third-order valence-corrected chi connectivity index (χ3v) is 3.11. The molecule has 3 aromatic rings. The highest BCUT2D eigenvalue weighted by Gasteiger charge is 2.35. The first-order valence-corrected chi connectivity index (χ1v) is 6.83. The number of rotatable bonds is 3. The van der Waals surface area contributed by atoms with Crippen molar-refractivity contribution in [1.29, 1.82) is 0 Å². The van der Waals surface area contributed by atoms with Crippen molar-refractivity contribution in [3.05, 3.63) is 53.1 Å².